The molecule has 2 spiro atoms. The molecule has 5 unspecified atom stereocenters. The third-order valence-electron chi connectivity index (χ3n) is 9.05. The molecular formula is C25H37NO3. The summed E-state index contributed by atoms with van der Waals surface area (Å²) in [6.07, 6.45) is 10.4. The summed E-state index contributed by atoms with van der Waals surface area (Å²) in [6, 6.07) is 6.33. The summed E-state index contributed by atoms with van der Waals surface area (Å²) in [5.74, 6) is 1.23. The molecule has 4 fully saturated rings. The molecule has 4 heteroatoms. The maximum Gasteiger partial charge on any atom is 0.115 e. The largest absolute Gasteiger partial charge is 0.508 e. The summed E-state index contributed by atoms with van der Waals surface area (Å²) < 4.78 is 0. The van der Waals surface area contributed by atoms with E-state index in [1.165, 1.54) is 43.4 Å². The van der Waals surface area contributed by atoms with Crippen LogP contribution < -0.4 is 0 Å². The first-order chi connectivity index (χ1) is 13.9. The van der Waals surface area contributed by atoms with E-state index < -0.39 is 5.60 Å². The minimum atomic E-state index is -0.575. The van der Waals surface area contributed by atoms with Crippen LogP contribution in [0.3, 0.4) is 0 Å². The molecule has 3 N–H and O–H groups in total. The number of fused-ring (bicyclic) bond motifs is 2. The Morgan fingerprint density at radius 3 is 2.52 bits per heavy atom. The topological polar surface area (TPSA) is 63.9 Å². The van der Waals surface area contributed by atoms with Gasteiger partial charge in [0.25, 0.3) is 0 Å². The Labute approximate surface area is 174 Å². The number of hydrogen-bond acceptors (Lipinski definition) is 4. The average molecular weight is 400 g/mol. The van der Waals surface area contributed by atoms with Crippen molar-refractivity contribution in [2.45, 2.75) is 100 Å². The number of phenolic OH excluding ortho intramolecular Hbond substituents is 1. The molecule has 0 aromatic heterocycles. The molecule has 6 rings (SSSR count). The van der Waals surface area contributed by atoms with Crippen LogP contribution in [0.5, 0.6) is 5.75 Å². The van der Waals surface area contributed by atoms with Crippen molar-refractivity contribution in [1.82, 2.24) is 4.90 Å². The van der Waals surface area contributed by atoms with E-state index in [1.807, 2.05) is 19.1 Å². The summed E-state index contributed by atoms with van der Waals surface area (Å²) >= 11 is 0. The van der Waals surface area contributed by atoms with Crippen molar-refractivity contribution in [3.05, 3.63) is 29.3 Å². The maximum atomic E-state index is 12.0. The number of benzene rings is 1. The summed E-state index contributed by atoms with van der Waals surface area (Å²) in [4.78, 5) is 2.63. The number of aliphatic hydroxyl groups is 2. The second kappa shape index (κ2) is 6.70. The van der Waals surface area contributed by atoms with Crippen LogP contribution in [0.1, 0.15) is 82.8 Å². The van der Waals surface area contributed by atoms with Crippen molar-refractivity contribution in [3.63, 3.8) is 0 Å². The SMILES string of the molecule is CCC(C)O.Oc1ccc2c(c1)C13CCCCC1(O)C1N(CC4CCC4)CC21C3. The smallest absolute Gasteiger partial charge is 0.115 e. The molecule has 0 amide bonds. The number of rotatable bonds is 3. The van der Waals surface area contributed by atoms with E-state index in [0.717, 1.165) is 44.6 Å². The molecule has 2 bridgehead atoms. The van der Waals surface area contributed by atoms with Gasteiger partial charge in [-0.2, -0.15) is 0 Å². The number of hydrogen-bond donors (Lipinski definition) is 3. The summed E-state index contributed by atoms with van der Waals surface area (Å²) in [5, 5.41) is 30.4. The number of likely N-dealkylation sites (tertiary alicyclic amines) is 1. The molecular weight excluding hydrogens is 362 g/mol. The zero-order valence-electron chi connectivity index (χ0n) is 18.0. The van der Waals surface area contributed by atoms with Crippen LogP contribution in [0, 0.1) is 5.92 Å². The summed E-state index contributed by atoms with van der Waals surface area (Å²) in [5.41, 5.74) is 2.21. The van der Waals surface area contributed by atoms with E-state index in [-0.39, 0.29) is 16.9 Å². The van der Waals surface area contributed by atoms with E-state index in [9.17, 15) is 10.2 Å². The zero-order valence-corrected chi connectivity index (χ0v) is 18.0. The number of phenols is 1. The van der Waals surface area contributed by atoms with Crippen LogP contribution in [0.25, 0.3) is 0 Å². The van der Waals surface area contributed by atoms with Gasteiger partial charge in [0.05, 0.1) is 17.7 Å². The lowest BCUT2D eigenvalue weighted by Crippen LogP contribution is -2.75. The van der Waals surface area contributed by atoms with Crippen LogP contribution in [-0.4, -0.2) is 51.1 Å². The van der Waals surface area contributed by atoms with Gasteiger partial charge in [0.1, 0.15) is 5.75 Å². The minimum absolute atomic E-state index is 0.0989. The zero-order chi connectivity index (χ0) is 20.4. The molecule has 1 saturated heterocycles. The van der Waals surface area contributed by atoms with Gasteiger partial charge in [-0.3, -0.25) is 4.90 Å². The predicted molar refractivity (Wildman–Crippen MR) is 114 cm³/mol. The lowest BCUT2D eigenvalue weighted by atomic mass is 9.55. The van der Waals surface area contributed by atoms with Crippen molar-refractivity contribution in [2.24, 2.45) is 5.92 Å². The van der Waals surface area contributed by atoms with Crippen LogP contribution in [-0.2, 0) is 10.8 Å². The van der Waals surface area contributed by atoms with E-state index in [0.29, 0.717) is 11.8 Å². The van der Waals surface area contributed by atoms with Gasteiger partial charge in [0.2, 0.25) is 0 Å². The molecule has 5 atom stereocenters. The monoisotopic (exact) mass is 399 g/mol. The third-order valence-corrected chi connectivity index (χ3v) is 9.05. The van der Waals surface area contributed by atoms with Gasteiger partial charge in [0, 0.05) is 23.9 Å². The standard InChI is InChI=1S/C21H27NO2.C4H10O/c23-15-6-7-16-17(10-15)20-8-1-2-9-21(20,24)18-19(16,12-20)13-22(18)11-14-4-3-5-14;1-3-4(2)5/h6-7,10,14,18,23-24H,1-5,8-9,11-13H2;4-5H,3H2,1-2H3. The highest BCUT2D eigenvalue weighted by Crippen LogP contribution is 2.74. The molecule has 1 heterocycles. The molecule has 4 aliphatic carbocycles. The predicted octanol–water partition coefficient (Wildman–Crippen LogP) is 3.85. The van der Waals surface area contributed by atoms with Crippen molar-refractivity contribution < 1.29 is 15.3 Å². The second-order valence-electron chi connectivity index (χ2n) is 10.7. The minimum Gasteiger partial charge on any atom is -0.508 e. The highest BCUT2D eigenvalue weighted by molar-refractivity contribution is 5.60. The van der Waals surface area contributed by atoms with Gasteiger partial charge in [-0.1, -0.05) is 32.3 Å². The van der Waals surface area contributed by atoms with E-state index in [4.69, 9.17) is 5.11 Å². The Balaban J connectivity index is 0.000000328. The molecule has 160 valence electrons. The van der Waals surface area contributed by atoms with Gasteiger partial charge in [-0.15, -0.1) is 0 Å². The van der Waals surface area contributed by atoms with Gasteiger partial charge >= 0.3 is 0 Å². The Bertz CT molecular complexity index is 790. The number of aromatic hydroxyl groups is 1. The van der Waals surface area contributed by atoms with E-state index >= 15 is 0 Å². The Morgan fingerprint density at radius 1 is 1.14 bits per heavy atom. The summed E-state index contributed by atoms with van der Waals surface area (Å²) in [7, 11) is 0. The highest BCUT2D eigenvalue weighted by atomic mass is 16.3. The first-order valence-electron chi connectivity index (χ1n) is 11.8. The summed E-state index contributed by atoms with van der Waals surface area (Å²) in [6.45, 7) is 6.04. The van der Waals surface area contributed by atoms with E-state index in [2.05, 4.69) is 11.0 Å². The normalized spacial score (nSPS) is 40.6. The molecule has 1 aromatic carbocycles. The van der Waals surface area contributed by atoms with Crippen LogP contribution in [0.15, 0.2) is 18.2 Å². The van der Waals surface area contributed by atoms with Gasteiger partial charge in [-0.25, -0.2) is 0 Å². The lowest BCUT2D eigenvalue weighted by molar-refractivity contribution is -0.151. The lowest BCUT2D eigenvalue weighted by Gasteiger charge is -2.63. The molecule has 1 aromatic rings. The van der Waals surface area contributed by atoms with Crippen LogP contribution in [0.4, 0.5) is 0 Å². The maximum absolute atomic E-state index is 12.0. The second-order valence-corrected chi connectivity index (χ2v) is 10.7. The first kappa shape index (κ1) is 19.8. The van der Waals surface area contributed by atoms with Crippen LogP contribution >= 0.6 is 0 Å². The fourth-order valence-corrected chi connectivity index (χ4v) is 7.47. The first-order valence-corrected chi connectivity index (χ1v) is 11.8. The van der Waals surface area contributed by atoms with Gasteiger partial charge in [0.15, 0.2) is 0 Å². The Hall–Kier alpha value is -1.10. The molecule has 4 nitrogen and oxygen atoms in total. The van der Waals surface area contributed by atoms with Crippen molar-refractivity contribution >= 4 is 0 Å². The quantitative estimate of drug-likeness (QED) is 0.722. The van der Waals surface area contributed by atoms with Gasteiger partial charge in [-0.05, 0) is 74.6 Å². The van der Waals surface area contributed by atoms with E-state index in [1.54, 1.807) is 6.92 Å². The molecule has 29 heavy (non-hydrogen) atoms. The molecule has 5 aliphatic rings. The van der Waals surface area contributed by atoms with Crippen molar-refractivity contribution in [2.75, 3.05) is 13.1 Å². The molecule has 0 radical (unpaired) electrons. The molecule has 3 saturated carbocycles. The fourth-order valence-electron chi connectivity index (χ4n) is 7.47. The highest BCUT2D eigenvalue weighted by Gasteiger charge is 2.80. The van der Waals surface area contributed by atoms with Crippen molar-refractivity contribution in [3.8, 4) is 5.75 Å². The fraction of sp³-hybridized carbons (Fsp3) is 0.760. The third kappa shape index (κ3) is 2.55. The van der Waals surface area contributed by atoms with Crippen molar-refractivity contribution in [1.29, 1.82) is 0 Å². The number of nitrogens with zero attached hydrogens (tertiary/aromatic N) is 1. The van der Waals surface area contributed by atoms with Crippen LogP contribution in [0.2, 0.25) is 0 Å². The van der Waals surface area contributed by atoms with Gasteiger partial charge < -0.3 is 15.3 Å². The Kier molecular flexibility index (Phi) is 4.58. The average Bonchev–Trinajstić information content (AvgIpc) is 3.02. The molecule has 1 aliphatic heterocycles. The Morgan fingerprint density at radius 2 is 1.86 bits per heavy atom. The number of aliphatic hydroxyl groups excluding tert-OH is 1.